The van der Waals surface area contributed by atoms with Gasteiger partial charge in [-0.15, -0.1) is 11.3 Å². The van der Waals surface area contributed by atoms with Crippen LogP contribution < -0.4 is 0 Å². The molecule has 100 valence electrons. The topological polar surface area (TPSA) is 36.7 Å². The van der Waals surface area contributed by atoms with E-state index >= 15 is 0 Å². The zero-order chi connectivity index (χ0) is 13.9. The van der Waals surface area contributed by atoms with Gasteiger partial charge in [-0.05, 0) is 36.8 Å². The summed E-state index contributed by atoms with van der Waals surface area (Å²) >= 11 is 1.69. The highest BCUT2D eigenvalue weighted by atomic mass is 32.1. The quantitative estimate of drug-likeness (QED) is 0.768. The molecule has 1 aromatic heterocycles. The van der Waals surface area contributed by atoms with Gasteiger partial charge >= 0.3 is 0 Å². The molecular formula is C17H16N2S. The predicted molar refractivity (Wildman–Crippen MR) is 83.2 cm³/mol. The summed E-state index contributed by atoms with van der Waals surface area (Å²) in [6.45, 7) is 2.29. The number of nitriles is 1. The molecule has 0 bridgehead atoms. The van der Waals surface area contributed by atoms with E-state index < -0.39 is 0 Å². The summed E-state index contributed by atoms with van der Waals surface area (Å²) in [4.78, 5) is 6.05. The number of thiazole rings is 1. The van der Waals surface area contributed by atoms with Gasteiger partial charge in [0.1, 0.15) is 11.1 Å². The van der Waals surface area contributed by atoms with Gasteiger partial charge in [0.05, 0.1) is 11.3 Å². The lowest BCUT2D eigenvalue weighted by Gasteiger charge is -2.15. The van der Waals surface area contributed by atoms with E-state index in [2.05, 4.69) is 18.0 Å². The molecule has 0 aliphatic heterocycles. The van der Waals surface area contributed by atoms with Crippen LogP contribution in [-0.2, 0) is 12.8 Å². The van der Waals surface area contributed by atoms with Gasteiger partial charge in [0.2, 0.25) is 0 Å². The first-order valence-corrected chi connectivity index (χ1v) is 7.73. The number of fused-ring (bicyclic) bond motifs is 1. The fourth-order valence-corrected chi connectivity index (χ4v) is 3.75. The van der Waals surface area contributed by atoms with Crippen LogP contribution in [0, 0.1) is 17.2 Å². The van der Waals surface area contributed by atoms with Gasteiger partial charge in [-0.25, -0.2) is 4.98 Å². The largest absolute Gasteiger partial charge is 0.240 e. The van der Waals surface area contributed by atoms with Crippen molar-refractivity contribution in [3.05, 3.63) is 51.5 Å². The summed E-state index contributed by atoms with van der Waals surface area (Å²) in [6.07, 6.45) is 5.29. The number of nitrogens with zero attached hydrogens (tertiary/aromatic N) is 2. The molecule has 3 rings (SSSR count). The smallest absolute Gasteiger partial charge is 0.134 e. The van der Waals surface area contributed by atoms with Crippen molar-refractivity contribution in [2.75, 3.05) is 0 Å². The predicted octanol–water partition coefficient (Wildman–Crippen LogP) is 4.33. The minimum absolute atomic E-state index is 0.670. The second-order valence-electron chi connectivity index (χ2n) is 5.32. The molecule has 0 saturated heterocycles. The minimum atomic E-state index is 0.670. The minimum Gasteiger partial charge on any atom is -0.240 e. The number of hydrogen-bond donors (Lipinski definition) is 0. The molecular weight excluding hydrogens is 264 g/mol. The second kappa shape index (κ2) is 5.60. The van der Waals surface area contributed by atoms with E-state index in [9.17, 15) is 5.26 Å². The Morgan fingerprint density at radius 2 is 2.20 bits per heavy atom. The number of rotatable bonds is 2. The molecule has 1 aromatic carbocycles. The van der Waals surface area contributed by atoms with E-state index in [0.29, 0.717) is 5.57 Å². The molecule has 1 heterocycles. The van der Waals surface area contributed by atoms with Crippen LogP contribution in [0.4, 0.5) is 0 Å². The Bertz CT molecular complexity index is 677. The number of aryl methyl sites for hydroxylation is 1. The summed E-state index contributed by atoms with van der Waals surface area (Å²) < 4.78 is 0. The van der Waals surface area contributed by atoms with Crippen LogP contribution in [-0.4, -0.2) is 4.98 Å². The monoisotopic (exact) mass is 280 g/mol. The van der Waals surface area contributed by atoms with E-state index in [1.807, 2.05) is 36.4 Å². The van der Waals surface area contributed by atoms with Crippen LogP contribution in [0.15, 0.2) is 30.3 Å². The number of benzene rings is 1. The van der Waals surface area contributed by atoms with Crippen LogP contribution in [0.5, 0.6) is 0 Å². The van der Waals surface area contributed by atoms with E-state index in [1.165, 1.54) is 17.0 Å². The number of hydrogen-bond acceptors (Lipinski definition) is 3. The van der Waals surface area contributed by atoms with E-state index in [1.54, 1.807) is 11.3 Å². The van der Waals surface area contributed by atoms with E-state index in [4.69, 9.17) is 0 Å². The van der Waals surface area contributed by atoms with Gasteiger partial charge in [0.15, 0.2) is 0 Å². The fourth-order valence-electron chi connectivity index (χ4n) is 2.51. The zero-order valence-corrected chi connectivity index (χ0v) is 12.3. The summed E-state index contributed by atoms with van der Waals surface area (Å²) in [7, 11) is 0. The molecule has 0 fully saturated rings. The van der Waals surface area contributed by atoms with Gasteiger partial charge in [0, 0.05) is 4.88 Å². The van der Waals surface area contributed by atoms with Crippen molar-refractivity contribution in [1.29, 1.82) is 5.26 Å². The Morgan fingerprint density at radius 3 is 2.95 bits per heavy atom. The SMILES string of the molecule is CC1CCc2nc(C(C#N)=Cc3ccccc3)sc2C1. The highest BCUT2D eigenvalue weighted by Crippen LogP contribution is 2.32. The average molecular weight is 280 g/mol. The maximum Gasteiger partial charge on any atom is 0.134 e. The summed E-state index contributed by atoms with van der Waals surface area (Å²) in [5, 5.41) is 10.3. The molecule has 3 heteroatoms. The summed E-state index contributed by atoms with van der Waals surface area (Å²) in [5.41, 5.74) is 2.92. The van der Waals surface area contributed by atoms with Crippen LogP contribution >= 0.6 is 11.3 Å². The van der Waals surface area contributed by atoms with Crippen LogP contribution in [0.25, 0.3) is 11.6 Å². The lowest BCUT2D eigenvalue weighted by Crippen LogP contribution is -2.09. The Balaban J connectivity index is 1.95. The molecule has 1 aliphatic rings. The maximum absolute atomic E-state index is 9.40. The zero-order valence-electron chi connectivity index (χ0n) is 11.5. The van der Waals surface area contributed by atoms with Crippen molar-refractivity contribution in [3.63, 3.8) is 0 Å². The van der Waals surface area contributed by atoms with Crippen molar-refractivity contribution in [2.24, 2.45) is 5.92 Å². The fraction of sp³-hybridized carbons (Fsp3) is 0.294. The van der Waals surface area contributed by atoms with Gasteiger partial charge in [-0.2, -0.15) is 5.26 Å². The average Bonchev–Trinajstić information content (AvgIpc) is 2.88. The molecule has 20 heavy (non-hydrogen) atoms. The lowest BCUT2D eigenvalue weighted by atomic mass is 9.93. The second-order valence-corrected chi connectivity index (χ2v) is 6.40. The molecule has 0 N–H and O–H groups in total. The Labute approximate surface area is 123 Å². The van der Waals surface area contributed by atoms with E-state index in [0.717, 1.165) is 29.3 Å². The maximum atomic E-state index is 9.40. The van der Waals surface area contributed by atoms with Crippen molar-refractivity contribution in [3.8, 4) is 6.07 Å². The summed E-state index contributed by atoms with van der Waals surface area (Å²) in [5.74, 6) is 0.736. The Hall–Kier alpha value is -1.92. The normalized spacial score (nSPS) is 18.4. The molecule has 0 spiro atoms. The third-order valence-corrected chi connectivity index (χ3v) is 4.80. The molecule has 0 amide bonds. The first-order valence-electron chi connectivity index (χ1n) is 6.92. The third-order valence-electron chi connectivity index (χ3n) is 3.65. The first-order chi connectivity index (χ1) is 9.76. The highest BCUT2D eigenvalue weighted by Gasteiger charge is 2.20. The van der Waals surface area contributed by atoms with Gasteiger partial charge in [-0.1, -0.05) is 37.3 Å². The van der Waals surface area contributed by atoms with Crippen LogP contribution in [0.2, 0.25) is 0 Å². The van der Waals surface area contributed by atoms with Gasteiger partial charge in [0.25, 0.3) is 0 Å². The Kier molecular flexibility index (Phi) is 3.66. The summed E-state index contributed by atoms with van der Waals surface area (Å²) in [6, 6.07) is 12.3. The lowest BCUT2D eigenvalue weighted by molar-refractivity contribution is 0.502. The van der Waals surface area contributed by atoms with Crippen molar-refractivity contribution in [1.82, 2.24) is 4.98 Å². The molecule has 0 radical (unpaired) electrons. The standard InChI is InChI=1S/C17H16N2S/c1-12-7-8-15-16(9-12)20-17(19-15)14(11-18)10-13-5-3-2-4-6-13/h2-6,10,12H,7-9H2,1H3. The van der Waals surface area contributed by atoms with Crippen LogP contribution in [0.3, 0.4) is 0 Å². The van der Waals surface area contributed by atoms with Crippen molar-refractivity contribution < 1.29 is 0 Å². The highest BCUT2D eigenvalue weighted by molar-refractivity contribution is 7.13. The number of aromatic nitrogens is 1. The van der Waals surface area contributed by atoms with Gasteiger partial charge < -0.3 is 0 Å². The Morgan fingerprint density at radius 1 is 1.40 bits per heavy atom. The first kappa shape index (κ1) is 13.1. The molecule has 2 nitrogen and oxygen atoms in total. The van der Waals surface area contributed by atoms with E-state index in [-0.39, 0.29) is 0 Å². The van der Waals surface area contributed by atoms with Crippen molar-refractivity contribution >= 4 is 23.0 Å². The molecule has 0 saturated carbocycles. The third kappa shape index (κ3) is 2.66. The van der Waals surface area contributed by atoms with Gasteiger partial charge in [-0.3, -0.25) is 0 Å². The number of allylic oxidation sites excluding steroid dienone is 1. The van der Waals surface area contributed by atoms with Crippen molar-refractivity contribution in [2.45, 2.75) is 26.2 Å². The molecule has 2 aromatic rings. The van der Waals surface area contributed by atoms with Crippen LogP contribution in [0.1, 0.15) is 34.5 Å². The molecule has 1 aliphatic carbocycles. The molecule has 1 unspecified atom stereocenters. The molecule has 1 atom stereocenters.